The van der Waals surface area contributed by atoms with Crippen LogP contribution in [0, 0.1) is 5.82 Å². The van der Waals surface area contributed by atoms with Crippen LogP contribution in [0.3, 0.4) is 0 Å². The predicted octanol–water partition coefficient (Wildman–Crippen LogP) is 1.46. The lowest BCUT2D eigenvalue weighted by molar-refractivity contribution is -0.135. The van der Waals surface area contributed by atoms with Crippen LogP contribution in [0.25, 0.3) is 11.0 Å². The fourth-order valence-electron chi connectivity index (χ4n) is 3.96. The van der Waals surface area contributed by atoms with Crippen molar-refractivity contribution in [2.75, 3.05) is 18.4 Å². The van der Waals surface area contributed by atoms with Crippen LogP contribution in [-0.4, -0.2) is 40.1 Å². The molecule has 3 N–H and O–H groups in total. The minimum atomic E-state index is -0.818. The number of nitrogens with one attached hydrogen (secondary N) is 3. The lowest BCUT2D eigenvalue weighted by Crippen LogP contribution is -2.44. The van der Waals surface area contributed by atoms with Crippen LogP contribution in [0.15, 0.2) is 16.9 Å². The number of nitrogens with zero attached hydrogens (tertiary/aromatic N) is 2. The average Bonchev–Trinajstić information content (AvgIpc) is 2.90. The Morgan fingerprint density at radius 3 is 2.45 bits per heavy atom. The third kappa shape index (κ3) is 4.12. The Hall–Kier alpha value is -2.10. The number of amides is 2. The van der Waals surface area contributed by atoms with E-state index in [4.69, 9.17) is 0 Å². The smallest absolute Gasteiger partial charge is 0.329 e. The first-order chi connectivity index (χ1) is 13.0. The second-order valence-electron chi connectivity index (χ2n) is 7.14. The summed E-state index contributed by atoms with van der Waals surface area (Å²) in [6.07, 6.45) is 2.17. The van der Waals surface area contributed by atoms with E-state index >= 15 is 4.39 Å². The predicted molar refractivity (Wildman–Crippen MR) is 113 cm³/mol. The van der Waals surface area contributed by atoms with Gasteiger partial charge in [-0.15, -0.1) is 24.8 Å². The second-order valence-corrected chi connectivity index (χ2v) is 7.14. The van der Waals surface area contributed by atoms with Crippen molar-refractivity contribution in [3.8, 4) is 0 Å². The van der Waals surface area contributed by atoms with E-state index in [1.54, 1.807) is 12.1 Å². The number of fused-ring (bicyclic) bond motifs is 1. The van der Waals surface area contributed by atoms with Crippen molar-refractivity contribution in [2.45, 2.75) is 37.8 Å². The Morgan fingerprint density at radius 1 is 1.10 bits per heavy atom. The first kappa shape index (κ1) is 23.2. The van der Waals surface area contributed by atoms with Crippen LogP contribution >= 0.6 is 24.8 Å². The molecule has 11 heteroatoms. The molecule has 4 rings (SSSR count). The number of benzene rings is 1. The highest BCUT2D eigenvalue weighted by molar-refractivity contribution is 6.00. The number of aryl methyl sites for hydroxylation is 1. The number of rotatable bonds is 3. The molecule has 3 heterocycles. The monoisotopic (exact) mass is 447 g/mol. The Balaban J connectivity index is 0.00000150. The van der Waals surface area contributed by atoms with Gasteiger partial charge in [-0.25, -0.2) is 9.18 Å². The average molecular weight is 448 g/mol. The molecule has 0 radical (unpaired) electrons. The second kappa shape index (κ2) is 9.15. The van der Waals surface area contributed by atoms with Gasteiger partial charge in [0, 0.05) is 19.5 Å². The molecule has 8 nitrogen and oxygen atoms in total. The van der Waals surface area contributed by atoms with Gasteiger partial charge in [0.15, 0.2) is 5.82 Å². The van der Waals surface area contributed by atoms with E-state index in [9.17, 15) is 14.4 Å². The molecule has 1 atom stereocenters. The van der Waals surface area contributed by atoms with Gasteiger partial charge in [0.2, 0.25) is 11.8 Å². The van der Waals surface area contributed by atoms with Crippen molar-refractivity contribution in [1.29, 1.82) is 0 Å². The number of hydrogen-bond donors (Lipinski definition) is 3. The Labute approximate surface area is 179 Å². The Morgan fingerprint density at radius 2 is 1.79 bits per heavy atom. The summed E-state index contributed by atoms with van der Waals surface area (Å²) >= 11 is 0. The molecule has 1 unspecified atom stereocenters. The van der Waals surface area contributed by atoms with Crippen molar-refractivity contribution in [1.82, 2.24) is 19.8 Å². The standard InChI is InChI=1S/C18H22FN5O3.2ClH/c1-23-16-12(24(18(23)27)13-4-5-14(25)22-17(13)26)3-2-11(15(16)19)21-10-6-8-20-9-7-10;;/h2-3,10,13,20-21H,4-9H2,1H3,(H,22,25,26);2*1H. The topological polar surface area (TPSA) is 97.2 Å². The zero-order valence-corrected chi connectivity index (χ0v) is 17.5. The fourth-order valence-corrected chi connectivity index (χ4v) is 3.96. The normalized spacial score (nSPS) is 20.0. The molecule has 1 aromatic heterocycles. The summed E-state index contributed by atoms with van der Waals surface area (Å²) in [5, 5.41) is 8.74. The number of hydrogen-bond acceptors (Lipinski definition) is 5. The quantitative estimate of drug-likeness (QED) is 0.618. The van der Waals surface area contributed by atoms with Crippen LogP contribution in [0.1, 0.15) is 31.7 Å². The molecule has 2 aromatic rings. The highest BCUT2D eigenvalue weighted by Gasteiger charge is 2.32. The molecule has 2 fully saturated rings. The number of carbonyl (C=O) groups excluding carboxylic acids is 2. The van der Waals surface area contributed by atoms with Crippen LogP contribution in [0.5, 0.6) is 0 Å². The van der Waals surface area contributed by atoms with Crippen molar-refractivity contribution in [2.24, 2.45) is 7.05 Å². The molecule has 0 bridgehead atoms. The lowest BCUT2D eigenvalue weighted by atomic mass is 10.1. The van der Waals surface area contributed by atoms with Crippen molar-refractivity contribution in [3.63, 3.8) is 0 Å². The lowest BCUT2D eigenvalue weighted by Gasteiger charge is -2.25. The summed E-state index contributed by atoms with van der Waals surface area (Å²) in [5.41, 5.74) is 0.386. The van der Waals surface area contributed by atoms with Gasteiger partial charge < -0.3 is 10.6 Å². The molecule has 2 saturated heterocycles. The summed E-state index contributed by atoms with van der Waals surface area (Å²) in [6.45, 7) is 1.76. The summed E-state index contributed by atoms with van der Waals surface area (Å²) in [4.78, 5) is 36.3. The minimum absolute atomic E-state index is 0. The maximum Gasteiger partial charge on any atom is 0.329 e. The minimum Gasteiger partial charge on any atom is -0.380 e. The number of halogens is 3. The van der Waals surface area contributed by atoms with Crippen LogP contribution in [-0.2, 0) is 16.6 Å². The van der Waals surface area contributed by atoms with E-state index in [-0.39, 0.29) is 55.1 Å². The number of piperidine rings is 2. The molecular formula is C18H24Cl2FN5O3. The van der Waals surface area contributed by atoms with Gasteiger partial charge in [-0.3, -0.25) is 24.0 Å². The van der Waals surface area contributed by atoms with E-state index in [1.807, 2.05) is 0 Å². The van der Waals surface area contributed by atoms with E-state index in [2.05, 4.69) is 16.0 Å². The number of aromatic nitrogens is 2. The van der Waals surface area contributed by atoms with Gasteiger partial charge in [-0.05, 0) is 44.5 Å². The van der Waals surface area contributed by atoms with Gasteiger partial charge in [-0.1, -0.05) is 0 Å². The molecule has 0 saturated carbocycles. The zero-order valence-electron chi connectivity index (χ0n) is 15.9. The molecule has 2 aliphatic heterocycles. The highest BCUT2D eigenvalue weighted by Crippen LogP contribution is 2.28. The van der Waals surface area contributed by atoms with Gasteiger partial charge in [0.1, 0.15) is 11.6 Å². The first-order valence-electron chi connectivity index (χ1n) is 9.17. The molecule has 160 valence electrons. The largest absolute Gasteiger partial charge is 0.380 e. The van der Waals surface area contributed by atoms with E-state index < -0.39 is 23.5 Å². The Bertz CT molecular complexity index is 984. The molecule has 2 aliphatic rings. The third-order valence-corrected chi connectivity index (χ3v) is 5.40. The SMILES string of the molecule is Cl.Cl.Cn1c(=O)n(C2CCC(=O)NC2=O)c2ccc(NC3CCNCC3)c(F)c21. The molecule has 0 spiro atoms. The highest BCUT2D eigenvalue weighted by atomic mass is 35.5. The third-order valence-electron chi connectivity index (χ3n) is 5.40. The van der Waals surface area contributed by atoms with Gasteiger partial charge in [0.05, 0.1) is 11.2 Å². The van der Waals surface area contributed by atoms with Crippen molar-refractivity contribution in [3.05, 3.63) is 28.4 Å². The molecular weight excluding hydrogens is 424 g/mol. The van der Waals surface area contributed by atoms with Crippen molar-refractivity contribution >= 4 is 53.3 Å². The summed E-state index contributed by atoms with van der Waals surface area (Å²) < 4.78 is 17.7. The van der Waals surface area contributed by atoms with E-state index in [0.29, 0.717) is 11.2 Å². The van der Waals surface area contributed by atoms with Gasteiger partial charge >= 0.3 is 5.69 Å². The van der Waals surface area contributed by atoms with Crippen LogP contribution in [0.4, 0.5) is 10.1 Å². The fraction of sp³-hybridized carbons (Fsp3) is 0.500. The molecule has 29 heavy (non-hydrogen) atoms. The molecule has 2 amide bonds. The molecule has 1 aromatic carbocycles. The summed E-state index contributed by atoms with van der Waals surface area (Å²) in [5.74, 6) is -1.39. The van der Waals surface area contributed by atoms with Crippen LogP contribution in [0.2, 0.25) is 0 Å². The number of imide groups is 1. The zero-order chi connectivity index (χ0) is 19.1. The first-order valence-corrected chi connectivity index (χ1v) is 9.17. The van der Waals surface area contributed by atoms with Gasteiger partial charge in [-0.2, -0.15) is 0 Å². The van der Waals surface area contributed by atoms with Crippen molar-refractivity contribution < 1.29 is 14.0 Å². The maximum absolute atomic E-state index is 15.2. The maximum atomic E-state index is 15.2. The summed E-state index contributed by atoms with van der Waals surface area (Å²) in [7, 11) is 1.49. The van der Waals surface area contributed by atoms with E-state index in [1.165, 1.54) is 16.2 Å². The van der Waals surface area contributed by atoms with E-state index in [0.717, 1.165) is 25.9 Å². The number of imidazole rings is 1. The Kier molecular flexibility index (Phi) is 7.31. The van der Waals surface area contributed by atoms with Crippen LogP contribution < -0.4 is 21.6 Å². The van der Waals surface area contributed by atoms with Gasteiger partial charge in [0.25, 0.3) is 0 Å². The number of carbonyl (C=O) groups is 2. The summed E-state index contributed by atoms with van der Waals surface area (Å²) in [6, 6.07) is 2.63. The molecule has 0 aliphatic carbocycles. The number of anilines is 1.